The van der Waals surface area contributed by atoms with Gasteiger partial charge in [0.1, 0.15) is 0 Å². The average molecular weight is 373 g/mol. The van der Waals surface area contributed by atoms with E-state index in [1.165, 1.54) is 25.7 Å². The third-order valence-corrected chi connectivity index (χ3v) is 5.95. The number of hydrogen-bond donors (Lipinski definition) is 1. The molecule has 4 nitrogen and oxygen atoms in total. The van der Waals surface area contributed by atoms with E-state index < -0.39 is 15.4 Å². The molecule has 0 saturated heterocycles. The Kier molecular flexibility index (Phi) is 19.5. The van der Waals surface area contributed by atoms with E-state index in [4.69, 9.17) is 0 Å². The Morgan fingerprint density at radius 2 is 1.21 bits per heavy atom. The second-order valence-corrected chi connectivity index (χ2v) is 8.38. The van der Waals surface area contributed by atoms with E-state index in [1.807, 2.05) is 0 Å². The van der Waals surface area contributed by atoms with Crippen LogP contribution in [-0.4, -0.2) is 29.4 Å². The zero-order valence-electron chi connectivity index (χ0n) is 16.1. The van der Waals surface area contributed by atoms with Crippen LogP contribution in [0.15, 0.2) is 0 Å². The molecule has 0 rings (SSSR count). The van der Waals surface area contributed by atoms with Gasteiger partial charge in [-0.3, -0.25) is 0 Å². The maximum Gasteiger partial charge on any atom is 1.00 e. The van der Waals surface area contributed by atoms with E-state index in [-0.39, 0.29) is 35.7 Å². The van der Waals surface area contributed by atoms with Gasteiger partial charge in [0.2, 0.25) is 0 Å². The van der Waals surface area contributed by atoms with Gasteiger partial charge >= 0.3 is 29.6 Å². The van der Waals surface area contributed by atoms with Crippen LogP contribution in [-0.2, 0) is 10.1 Å². The van der Waals surface area contributed by atoms with Crippen LogP contribution in [0.25, 0.3) is 0 Å². The molecular formula is C18H37NaO4S. The molecule has 0 aromatic rings. The molecule has 0 radical (unpaired) electrons. The molecule has 0 bridgehead atoms. The van der Waals surface area contributed by atoms with E-state index in [2.05, 4.69) is 6.92 Å². The fourth-order valence-electron chi connectivity index (χ4n) is 2.95. The van der Waals surface area contributed by atoms with Crippen LogP contribution < -0.4 is 29.6 Å². The van der Waals surface area contributed by atoms with Crippen molar-refractivity contribution in [2.24, 2.45) is 0 Å². The molecule has 6 heteroatoms. The van der Waals surface area contributed by atoms with Crippen molar-refractivity contribution in [3.63, 3.8) is 0 Å². The topological polar surface area (TPSA) is 77.4 Å². The van der Waals surface area contributed by atoms with Crippen molar-refractivity contribution in [2.45, 2.75) is 115 Å². The Hall–Kier alpha value is 0.870. The van der Waals surface area contributed by atoms with Gasteiger partial charge in [0, 0.05) is 5.25 Å². The van der Waals surface area contributed by atoms with Crippen LogP contribution >= 0.6 is 0 Å². The van der Waals surface area contributed by atoms with E-state index >= 15 is 0 Å². The van der Waals surface area contributed by atoms with Crippen molar-refractivity contribution in [3.8, 4) is 0 Å². The summed E-state index contributed by atoms with van der Waals surface area (Å²) in [5.74, 6) is 0. The molecule has 0 spiro atoms. The first kappa shape index (κ1) is 27.1. The fraction of sp³-hybridized carbons (Fsp3) is 1.00. The summed E-state index contributed by atoms with van der Waals surface area (Å²) in [7, 11) is -4.11. The quantitative estimate of drug-likeness (QED) is 0.254. The van der Waals surface area contributed by atoms with Crippen molar-refractivity contribution >= 4 is 10.1 Å². The molecule has 0 aliphatic heterocycles. The molecule has 2 unspecified atom stereocenters. The Bertz CT molecular complexity index is 360. The van der Waals surface area contributed by atoms with Gasteiger partial charge in [-0.05, 0) is 25.7 Å². The summed E-state index contributed by atoms with van der Waals surface area (Å²) < 4.78 is 32.9. The van der Waals surface area contributed by atoms with Crippen molar-refractivity contribution < 1.29 is 47.6 Å². The van der Waals surface area contributed by atoms with E-state index in [1.54, 1.807) is 6.92 Å². The van der Waals surface area contributed by atoms with Crippen molar-refractivity contribution in [3.05, 3.63) is 0 Å². The molecule has 140 valence electrons. The summed E-state index contributed by atoms with van der Waals surface area (Å²) in [5.41, 5.74) is 0. The first-order valence-electron chi connectivity index (χ1n) is 9.54. The smallest absolute Gasteiger partial charge is 0.748 e. The first-order valence-corrected chi connectivity index (χ1v) is 11.0. The fourth-order valence-corrected chi connectivity index (χ4v) is 3.81. The number of aliphatic hydroxyl groups is 1. The van der Waals surface area contributed by atoms with Gasteiger partial charge in [0.05, 0.1) is 16.2 Å². The van der Waals surface area contributed by atoms with Crippen molar-refractivity contribution in [1.82, 2.24) is 0 Å². The normalized spacial score (nSPS) is 14.2. The summed E-state index contributed by atoms with van der Waals surface area (Å²) in [5, 5.41) is 9.04. The Labute approximate surface area is 172 Å². The zero-order chi connectivity index (χ0) is 17.6. The molecule has 0 aromatic heterocycles. The standard InChI is InChI=1S/C18H38O4S.Na/c1-3-5-14-17(19)15-12-10-8-6-7-9-11-13-16-18(4-2)23(20,21)22;/h17-19H,3-16H2,1-2H3,(H,20,21,22);/q;+1/p-1. The van der Waals surface area contributed by atoms with Gasteiger partial charge in [-0.2, -0.15) is 0 Å². The number of rotatable bonds is 16. The van der Waals surface area contributed by atoms with E-state index in [0.717, 1.165) is 51.4 Å². The van der Waals surface area contributed by atoms with Gasteiger partial charge in [-0.25, -0.2) is 8.42 Å². The molecule has 0 aliphatic rings. The Morgan fingerprint density at radius 1 is 0.792 bits per heavy atom. The third-order valence-electron chi connectivity index (χ3n) is 4.57. The van der Waals surface area contributed by atoms with Crippen LogP contribution in [0, 0.1) is 0 Å². The van der Waals surface area contributed by atoms with E-state index in [9.17, 15) is 18.1 Å². The molecule has 0 saturated carbocycles. The molecule has 24 heavy (non-hydrogen) atoms. The van der Waals surface area contributed by atoms with Crippen LogP contribution in [0.3, 0.4) is 0 Å². The predicted octanol–water partition coefficient (Wildman–Crippen LogP) is 1.77. The maximum absolute atomic E-state index is 11.0. The second-order valence-electron chi connectivity index (χ2n) is 6.72. The molecular weight excluding hydrogens is 335 g/mol. The molecule has 0 aromatic carbocycles. The van der Waals surface area contributed by atoms with Gasteiger partial charge in [0.25, 0.3) is 0 Å². The van der Waals surface area contributed by atoms with Crippen LogP contribution in [0.4, 0.5) is 0 Å². The van der Waals surface area contributed by atoms with Gasteiger partial charge < -0.3 is 9.66 Å². The molecule has 0 fully saturated rings. The van der Waals surface area contributed by atoms with Gasteiger partial charge in [0.15, 0.2) is 0 Å². The number of unbranched alkanes of at least 4 members (excludes halogenated alkanes) is 8. The number of aliphatic hydroxyl groups excluding tert-OH is 1. The SMILES string of the molecule is CCCCC(O)CCCCCCCCCCC(CC)S(=O)(=O)[O-].[Na+]. The molecule has 2 atom stereocenters. The predicted molar refractivity (Wildman–Crippen MR) is 95.5 cm³/mol. The number of hydrogen-bond acceptors (Lipinski definition) is 4. The first-order chi connectivity index (χ1) is 10.9. The molecule has 0 aliphatic carbocycles. The van der Waals surface area contributed by atoms with Crippen LogP contribution in [0.5, 0.6) is 0 Å². The summed E-state index contributed by atoms with van der Waals surface area (Å²) >= 11 is 0. The van der Waals surface area contributed by atoms with Gasteiger partial charge in [-0.15, -0.1) is 0 Å². The maximum atomic E-state index is 11.0. The van der Waals surface area contributed by atoms with Gasteiger partial charge in [-0.1, -0.05) is 78.1 Å². The molecule has 0 heterocycles. The minimum atomic E-state index is -4.11. The Balaban J connectivity index is 0. The second kappa shape index (κ2) is 17.3. The van der Waals surface area contributed by atoms with Crippen LogP contribution in [0.1, 0.15) is 104 Å². The minimum Gasteiger partial charge on any atom is -0.748 e. The summed E-state index contributed by atoms with van der Waals surface area (Å²) in [6, 6.07) is 0. The van der Waals surface area contributed by atoms with Crippen molar-refractivity contribution in [1.29, 1.82) is 0 Å². The summed E-state index contributed by atoms with van der Waals surface area (Å²) in [6.45, 7) is 3.91. The average Bonchev–Trinajstić information content (AvgIpc) is 2.49. The summed E-state index contributed by atoms with van der Waals surface area (Å²) in [4.78, 5) is 0. The minimum absolute atomic E-state index is 0. The van der Waals surface area contributed by atoms with Crippen LogP contribution in [0.2, 0.25) is 0 Å². The summed E-state index contributed by atoms with van der Waals surface area (Å²) in [6.07, 6.45) is 13.8. The Morgan fingerprint density at radius 3 is 1.62 bits per heavy atom. The zero-order valence-corrected chi connectivity index (χ0v) is 19.0. The van der Waals surface area contributed by atoms with Crippen molar-refractivity contribution in [2.75, 3.05) is 0 Å². The molecule has 1 N–H and O–H groups in total. The third kappa shape index (κ3) is 16.3. The monoisotopic (exact) mass is 372 g/mol. The molecule has 0 amide bonds. The largest absolute Gasteiger partial charge is 1.00 e. The van der Waals surface area contributed by atoms with E-state index in [0.29, 0.717) is 12.8 Å².